The Labute approximate surface area is 149 Å². The Hall–Kier alpha value is -1.84. The molecule has 2 fully saturated rings. The largest absolute Gasteiger partial charge is 0.490 e. The van der Waals surface area contributed by atoms with E-state index >= 15 is 0 Å². The molecule has 7 nitrogen and oxygen atoms in total. The van der Waals surface area contributed by atoms with Gasteiger partial charge in [-0.3, -0.25) is 4.79 Å². The Morgan fingerprint density at radius 3 is 2.08 bits per heavy atom. The van der Waals surface area contributed by atoms with Crippen molar-refractivity contribution in [3.8, 4) is 0 Å². The van der Waals surface area contributed by atoms with Gasteiger partial charge in [0.2, 0.25) is 5.91 Å². The highest BCUT2D eigenvalue weighted by atomic mass is 19.4. The Bertz CT molecular complexity index is 577. The van der Waals surface area contributed by atoms with Gasteiger partial charge in [0, 0.05) is 12.5 Å². The van der Waals surface area contributed by atoms with E-state index in [4.69, 9.17) is 20.4 Å². The number of ether oxygens (including phenoxy) is 1. The molecule has 10 heteroatoms. The van der Waals surface area contributed by atoms with E-state index in [1.165, 1.54) is 7.11 Å². The lowest BCUT2D eigenvalue weighted by molar-refractivity contribution is -0.192. The zero-order valence-corrected chi connectivity index (χ0v) is 15.3. The average Bonchev–Trinajstić information content (AvgIpc) is 2.87. The van der Waals surface area contributed by atoms with Gasteiger partial charge < -0.3 is 20.5 Å². The summed E-state index contributed by atoms with van der Waals surface area (Å²) in [6, 6.07) is -1.00. The molecule has 0 unspecified atom stereocenters. The number of carbonyl (C=O) groups is 3. The number of fused-ring (bicyclic) bond motifs is 1. The van der Waals surface area contributed by atoms with Crippen LogP contribution in [0.5, 0.6) is 0 Å². The van der Waals surface area contributed by atoms with Crippen LogP contribution >= 0.6 is 0 Å². The third kappa shape index (κ3) is 4.28. The van der Waals surface area contributed by atoms with Crippen LogP contribution in [-0.2, 0) is 19.1 Å². The van der Waals surface area contributed by atoms with Crippen LogP contribution < -0.4 is 5.73 Å². The van der Waals surface area contributed by atoms with Crippen molar-refractivity contribution in [2.75, 3.05) is 13.7 Å². The summed E-state index contributed by atoms with van der Waals surface area (Å²) in [6.45, 7) is 8.73. The van der Waals surface area contributed by atoms with Gasteiger partial charge in [0.1, 0.15) is 6.04 Å². The van der Waals surface area contributed by atoms with Gasteiger partial charge in [-0.2, -0.15) is 13.2 Å². The number of nitrogens with zero attached hydrogens (tertiary/aromatic N) is 1. The molecule has 1 amide bonds. The summed E-state index contributed by atoms with van der Waals surface area (Å²) in [7, 11) is 1.37. The molecule has 0 aromatic carbocycles. The Balaban J connectivity index is 0.000000412. The predicted octanol–water partition coefficient (Wildman–Crippen LogP) is 1.26. The second kappa shape index (κ2) is 7.42. The molecular weight excluding hydrogens is 357 g/mol. The molecule has 1 aliphatic carbocycles. The Morgan fingerprint density at radius 1 is 1.27 bits per heavy atom. The molecule has 2 aliphatic rings. The van der Waals surface area contributed by atoms with E-state index in [1.807, 2.05) is 13.8 Å². The number of piperidine rings is 1. The normalized spacial score (nSPS) is 27.2. The smallest absolute Gasteiger partial charge is 0.475 e. The van der Waals surface area contributed by atoms with Crippen LogP contribution in [0.2, 0.25) is 0 Å². The maximum absolute atomic E-state index is 12.4. The summed E-state index contributed by atoms with van der Waals surface area (Å²) in [5.41, 5.74) is 6.05. The molecule has 0 spiro atoms. The molecule has 4 atom stereocenters. The fourth-order valence-corrected chi connectivity index (χ4v) is 3.38. The van der Waals surface area contributed by atoms with Crippen molar-refractivity contribution in [3.05, 3.63) is 0 Å². The first-order valence-corrected chi connectivity index (χ1v) is 8.11. The van der Waals surface area contributed by atoms with E-state index in [2.05, 4.69) is 13.8 Å². The zero-order valence-electron chi connectivity index (χ0n) is 15.3. The quantitative estimate of drug-likeness (QED) is 0.711. The van der Waals surface area contributed by atoms with E-state index in [9.17, 15) is 22.8 Å². The number of methoxy groups -OCH3 is 1. The van der Waals surface area contributed by atoms with Crippen LogP contribution in [0.4, 0.5) is 13.2 Å². The molecule has 3 N–H and O–H groups in total. The first-order valence-electron chi connectivity index (χ1n) is 8.11. The Morgan fingerprint density at radius 2 is 1.73 bits per heavy atom. The van der Waals surface area contributed by atoms with Crippen molar-refractivity contribution in [2.45, 2.75) is 46.0 Å². The van der Waals surface area contributed by atoms with Crippen LogP contribution in [0.15, 0.2) is 0 Å². The van der Waals surface area contributed by atoms with Crippen LogP contribution in [-0.4, -0.2) is 59.8 Å². The number of nitrogens with two attached hydrogens (primary N) is 1. The number of hydrogen-bond donors (Lipinski definition) is 2. The zero-order chi connectivity index (χ0) is 20.6. The van der Waals surface area contributed by atoms with Crippen LogP contribution in [0.3, 0.4) is 0 Å². The minimum absolute atomic E-state index is 0.0655. The predicted molar refractivity (Wildman–Crippen MR) is 84.8 cm³/mol. The van der Waals surface area contributed by atoms with Crippen molar-refractivity contribution in [2.24, 2.45) is 28.9 Å². The molecule has 150 valence electrons. The number of carboxylic acids is 1. The number of carbonyl (C=O) groups excluding carboxylic acids is 2. The van der Waals surface area contributed by atoms with E-state index in [-0.39, 0.29) is 29.1 Å². The summed E-state index contributed by atoms with van der Waals surface area (Å²) in [4.78, 5) is 34.9. The maximum Gasteiger partial charge on any atom is 0.490 e. The number of halogens is 3. The first-order chi connectivity index (χ1) is 11.7. The molecule has 0 radical (unpaired) electrons. The second-order valence-electron chi connectivity index (χ2n) is 7.48. The highest BCUT2D eigenvalue weighted by Gasteiger charge is 2.69. The van der Waals surface area contributed by atoms with Crippen LogP contribution in [0, 0.1) is 23.2 Å². The summed E-state index contributed by atoms with van der Waals surface area (Å²) in [5.74, 6) is -2.54. The standard InChI is InChI=1S/C14H24N2O3.C2HF3O2/c1-7(2)10(15)12(17)16-6-8-9(14(8,3)4)11(16)13(18)19-5;3-2(4,5)1(6)7/h7-11H,6,15H2,1-5H3;(H,6,7)/t8-,9-,10-,11-;/m0./s1. The number of amides is 1. The monoisotopic (exact) mass is 382 g/mol. The first kappa shape index (κ1) is 22.2. The SMILES string of the molecule is COC(=O)[C@@H]1[C@@H]2[C@H](CN1C(=O)[C@@H](N)C(C)C)C2(C)C.O=C(O)C(F)(F)F. The van der Waals surface area contributed by atoms with Gasteiger partial charge in [0.25, 0.3) is 0 Å². The van der Waals surface area contributed by atoms with Crippen molar-refractivity contribution in [1.29, 1.82) is 0 Å². The molecule has 0 bridgehead atoms. The van der Waals surface area contributed by atoms with Crippen molar-refractivity contribution < 1.29 is 37.4 Å². The second-order valence-corrected chi connectivity index (χ2v) is 7.48. The molecule has 1 heterocycles. The summed E-state index contributed by atoms with van der Waals surface area (Å²) >= 11 is 0. The molecule has 2 rings (SSSR count). The van der Waals surface area contributed by atoms with Gasteiger partial charge in [0.05, 0.1) is 13.2 Å². The number of rotatable bonds is 3. The van der Waals surface area contributed by atoms with Crippen molar-refractivity contribution in [3.63, 3.8) is 0 Å². The number of esters is 1. The molecule has 0 aromatic rings. The Kier molecular flexibility index (Phi) is 6.33. The minimum atomic E-state index is -5.08. The molecule has 1 aliphatic heterocycles. The molecule has 1 saturated carbocycles. The van der Waals surface area contributed by atoms with Crippen LogP contribution in [0.25, 0.3) is 0 Å². The summed E-state index contributed by atoms with van der Waals surface area (Å²) in [5, 5.41) is 7.12. The van der Waals surface area contributed by atoms with Gasteiger partial charge in [0.15, 0.2) is 0 Å². The lowest BCUT2D eigenvalue weighted by atomic mass is 9.98. The van der Waals surface area contributed by atoms with E-state index in [0.717, 1.165) is 0 Å². The van der Waals surface area contributed by atoms with Gasteiger partial charge in [-0.15, -0.1) is 0 Å². The van der Waals surface area contributed by atoms with Gasteiger partial charge in [-0.25, -0.2) is 9.59 Å². The lowest BCUT2D eigenvalue weighted by Gasteiger charge is -2.31. The number of likely N-dealkylation sites (tertiary alicyclic amines) is 1. The maximum atomic E-state index is 12.4. The van der Waals surface area contributed by atoms with E-state index < -0.39 is 24.2 Å². The molecule has 26 heavy (non-hydrogen) atoms. The highest BCUT2D eigenvalue weighted by molar-refractivity contribution is 5.89. The molecule has 0 aromatic heterocycles. The number of aliphatic carboxylic acids is 1. The topological polar surface area (TPSA) is 110 Å². The molecular formula is C16H25F3N2O5. The van der Waals surface area contributed by atoms with Crippen LogP contribution in [0.1, 0.15) is 27.7 Å². The summed E-state index contributed by atoms with van der Waals surface area (Å²) < 4.78 is 36.6. The van der Waals surface area contributed by atoms with Gasteiger partial charge >= 0.3 is 18.1 Å². The average molecular weight is 382 g/mol. The number of hydrogen-bond acceptors (Lipinski definition) is 5. The highest BCUT2D eigenvalue weighted by Crippen LogP contribution is 2.65. The lowest BCUT2D eigenvalue weighted by Crippen LogP contribution is -2.53. The number of carboxylic acid groups (broad SMARTS) is 1. The van der Waals surface area contributed by atoms with Gasteiger partial charge in [-0.05, 0) is 17.3 Å². The fourth-order valence-electron chi connectivity index (χ4n) is 3.38. The van der Waals surface area contributed by atoms with E-state index in [1.54, 1.807) is 4.90 Å². The third-order valence-corrected chi connectivity index (χ3v) is 5.18. The van der Waals surface area contributed by atoms with Crippen molar-refractivity contribution >= 4 is 17.8 Å². The fraction of sp³-hybridized carbons (Fsp3) is 0.812. The third-order valence-electron chi connectivity index (χ3n) is 5.18. The van der Waals surface area contributed by atoms with Gasteiger partial charge in [-0.1, -0.05) is 27.7 Å². The summed E-state index contributed by atoms with van der Waals surface area (Å²) in [6.07, 6.45) is -5.08. The molecule has 1 saturated heterocycles. The number of alkyl halides is 3. The van der Waals surface area contributed by atoms with Crippen molar-refractivity contribution in [1.82, 2.24) is 4.90 Å². The van der Waals surface area contributed by atoms with E-state index in [0.29, 0.717) is 12.5 Å². The minimum Gasteiger partial charge on any atom is -0.475 e.